The van der Waals surface area contributed by atoms with Gasteiger partial charge in [0, 0.05) is 26.6 Å². The molecule has 152 valence electrons. The van der Waals surface area contributed by atoms with E-state index in [2.05, 4.69) is 0 Å². The Kier molecular flexibility index (Phi) is 16.4. The minimum Gasteiger partial charge on any atom is -0.466 e. The summed E-state index contributed by atoms with van der Waals surface area (Å²) in [4.78, 5) is 33.4. The van der Waals surface area contributed by atoms with E-state index in [0.29, 0.717) is 45.3 Å². The van der Waals surface area contributed by atoms with E-state index in [9.17, 15) is 14.4 Å². The van der Waals surface area contributed by atoms with Crippen molar-refractivity contribution in [1.29, 1.82) is 0 Å². The standard InChI is InChI=1S/C17H30O9/c1-3-15(18)22-10-6-7-12-24-17(20)26-14-8-13-25-16(19)23-11-5-4-9-21-2/h3-14H2,1-2H3. The van der Waals surface area contributed by atoms with Crippen LogP contribution in [-0.4, -0.2) is 65.0 Å². The van der Waals surface area contributed by atoms with Crippen LogP contribution in [0.1, 0.15) is 45.4 Å². The number of esters is 1. The summed E-state index contributed by atoms with van der Waals surface area (Å²) in [6.45, 7) is 3.29. The molecule has 0 aliphatic rings. The Labute approximate surface area is 154 Å². The maximum atomic E-state index is 11.3. The summed E-state index contributed by atoms with van der Waals surface area (Å²) >= 11 is 0. The number of carbonyl (C=O) groups excluding carboxylic acids is 3. The van der Waals surface area contributed by atoms with Crippen LogP contribution in [-0.2, 0) is 33.2 Å². The monoisotopic (exact) mass is 378 g/mol. The van der Waals surface area contributed by atoms with Crippen LogP contribution in [0.25, 0.3) is 0 Å². The van der Waals surface area contributed by atoms with Crippen LogP contribution in [0.2, 0.25) is 0 Å². The number of rotatable bonds is 15. The molecule has 0 atom stereocenters. The molecule has 0 fully saturated rings. The topological polar surface area (TPSA) is 107 Å². The van der Waals surface area contributed by atoms with Gasteiger partial charge in [-0.2, -0.15) is 0 Å². The molecule has 0 aromatic heterocycles. The predicted molar refractivity (Wildman–Crippen MR) is 90.8 cm³/mol. The zero-order valence-corrected chi connectivity index (χ0v) is 15.7. The van der Waals surface area contributed by atoms with Crippen molar-refractivity contribution in [2.75, 3.05) is 46.8 Å². The molecule has 0 unspecified atom stereocenters. The summed E-state index contributed by atoms with van der Waals surface area (Å²) in [5.41, 5.74) is 0. The van der Waals surface area contributed by atoms with Crippen molar-refractivity contribution >= 4 is 18.3 Å². The third kappa shape index (κ3) is 16.8. The first-order chi connectivity index (χ1) is 12.6. The van der Waals surface area contributed by atoms with Crippen molar-refractivity contribution in [1.82, 2.24) is 0 Å². The molecule has 9 heteroatoms. The number of methoxy groups -OCH3 is 1. The van der Waals surface area contributed by atoms with Crippen LogP contribution in [0.5, 0.6) is 0 Å². The second kappa shape index (κ2) is 17.8. The molecule has 9 nitrogen and oxygen atoms in total. The Hall–Kier alpha value is -2.03. The van der Waals surface area contributed by atoms with Gasteiger partial charge in [0.25, 0.3) is 0 Å². The average molecular weight is 378 g/mol. The van der Waals surface area contributed by atoms with Gasteiger partial charge in [0.2, 0.25) is 0 Å². The number of hydrogen-bond acceptors (Lipinski definition) is 9. The van der Waals surface area contributed by atoms with Crippen LogP contribution >= 0.6 is 0 Å². The quantitative estimate of drug-likeness (QED) is 0.241. The summed E-state index contributed by atoms with van der Waals surface area (Å²) < 4.78 is 29.1. The lowest BCUT2D eigenvalue weighted by Crippen LogP contribution is -2.13. The Morgan fingerprint density at radius 3 is 1.38 bits per heavy atom. The highest BCUT2D eigenvalue weighted by atomic mass is 16.7. The van der Waals surface area contributed by atoms with Crippen LogP contribution in [0.15, 0.2) is 0 Å². The summed E-state index contributed by atoms with van der Waals surface area (Å²) in [6.07, 6.45) is 1.87. The molecule has 0 N–H and O–H groups in total. The molecular weight excluding hydrogens is 348 g/mol. The molecule has 0 aromatic carbocycles. The van der Waals surface area contributed by atoms with Crippen molar-refractivity contribution in [2.24, 2.45) is 0 Å². The van der Waals surface area contributed by atoms with Gasteiger partial charge in [0.1, 0.15) is 0 Å². The maximum absolute atomic E-state index is 11.3. The van der Waals surface area contributed by atoms with E-state index in [1.807, 2.05) is 0 Å². The molecular formula is C17H30O9. The average Bonchev–Trinajstić information content (AvgIpc) is 2.63. The van der Waals surface area contributed by atoms with E-state index >= 15 is 0 Å². The molecule has 0 heterocycles. The third-order valence-corrected chi connectivity index (χ3v) is 3.00. The van der Waals surface area contributed by atoms with Crippen LogP contribution in [0, 0.1) is 0 Å². The number of ether oxygens (including phenoxy) is 6. The van der Waals surface area contributed by atoms with Crippen molar-refractivity contribution < 1.29 is 42.8 Å². The number of hydrogen-bond donors (Lipinski definition) is 0. The second-order valence-corrected chi connectivity index (χ2v) is 5.23. The fourth-order valence-electron chi connectivity index (χ4n) is 1.60. The van der Waals surface area contributed by atoms with E-state index < -0.39 is 12.3 Å². The van der Waals surface area contributed by atoms with Gasteiger partial charge in [-0.25, -0.2) is 9.59 Å². The fraction of sp³-hybridized carbons (Fsp3) is 0.824. The van der Waals surface area contributed by atoms with E-state index in [0.717, 1.165) is 6.42 Å². The van der Waals surface area contributed by atoms with E-state index in [1.54, 1.807) is 14.0 Å². The minimum absolute atomic E-state index is 0.0774. The van der Waals surface area contributed by atoms with Crippen LogP contribution < -0.4 is 0 Å². The highest BCUT2D eigenvalue weighted by Crippen LogP contribution is 1.97. The highest BCUT2D eigenvalue weighted by Gasteiger charge is 2.06. The zero-order chi connectivity index (χ0) is 19.5. The van der Waals surface area contributed by atoms with Gasteiger partial charge in [-0.1, -0.05) is 6.92 Å². The third-order valence-electron chi connectivity index (χ3n) is 3.00. The molecule has 0 aliphatic heterocycles. The lowest BCUT2D eigenvalue weighted by Gasteiger charge is -2.08. The van der Waals surface area contributed by atoms with E-state index in [-0.39, 0.29) is 32.4 Å². The van der Waals surface area contributed by atoms with Crippen LogP contribution in [0.4, 0.5) is 9.59 Å². The van der Waals surface area contributed by atoms with Crippen molar-refractivity contribution in [2.45, 2.75) is 45.4 Å². The molecule has 0 saturated heterocycles. The lowest BCUT2D eigenvalue weighted by molar-refractivity contribution is -0.143. The first kappa shape index (κ1) is 24.0. The maximum Gasteiger partial charge on any atom is 0.508 e. The van der Waals surface area contributed by atoms with Gasteiger partial charge in [-0.3, -0.25) is 4.79 Å². The van der Waals surface area contributed by atoms with Crippen molar-refractivity contribution in [3.8, 4) is 0 Å². The Bertz CT molecular complexity index is 384. The Morgan fingerprint density at radius 1 is 0.577 bits per heavy atom. The first-order valence-corrected chi connectivity index (χ1v) is 8.83. The normalized spacial score (nSPS) is 10.1. The minimum atomic E-state index is -0.781. The van der Waals surface area contributed by atoms with Crippen LogP contribution in [0.3, 0.4) is 0 Å². The molecule has 0 rings (SSSR count). The van der Waals surface area contributed by atoms with Crippen molar-refractivity contribution in [3.05, 3.63) is 0 Å². The van der Waals surface area contributed by atoms with Gasteiger partial charge in [0.05, 0.1) is 33.0 Å². The molecule has 0 aliphatic carbocycles. The molecule has 0 bridgehead atoms. The number of carbonyl (C=O) groups is 3. The molecule has 0 radical (unpaired) electrons. The Morgan fingerprint density at radius 2 is 0.962 bits per heavy atom. The summed E-state index contributed by atoms with van der Waals surface area (Å²) in [7, 11) is 1.61. The SMILES string of the molecule is CCC(=O)OCCCCOC(=O)OCCCOC(=O)OCCCCOC. The van der Waals surface area contributed by atoms with Gasteiger partial charge in [-0.05, 0) is 25.7 Å². The van der Waals surface area contributed by atoms with Gasteiger partial charge in [-0.15, -0.1) is 0 Å². The molecule has 0 spiro atoms. The summed E-state index contributed by atoms with van der Waals surface area (Å²) in [5.74, 6) is -0.248. The van der Waals surface area contributed by atoms with Crippen molar-refractivity contribution in [3.63, 3.8) is 0 Å². The highest BCUT2D eigenvalue weighted by molar-refractivity contribution is 5.68. The summed E-state index contributed by atoms with van der Waals surface area (Å²) in [5, 5.41) is 0. The fourth-order valence-corrected chi connectivity index (χ4v) is 1.60. The van der Waals surface area contributed by atoms with Gasteiger partial charge < -0.3 is 28.4 Å². The lowest BCUT2D eigenvalue weighted by atomic mass is 10.3. The Balaban J connectivity index is 3.35. The largest absolute Gasteiger partial charge is 0.508 e. The first-order valence-electron chi connectivity index (χ1n) is 8.83. The molecule has 26 heavy (non-hydrogen) atoms. The molecule has 0 saturated carbocycles. The number of unbranched alkanes of at least 4 members (excludes halogenated alkanes) is 2. The molecule has 0 aromatic rings. The zero-order valence-electron chi connectivity index (χ0n) is 15.7. The van der Waals surface area contributed by atoms with E-state index in [4.69, 9.17) is 28.4 Å². The van der Waals surface area contributed by atoms with Gasteiger partial charge in [0.15, 0.2) is 0 Å². The van der Waals surface area contributed by atoms with Gasteiger partial charge >= 0.3 is 18.3 Å². The second-order valence-electron chi connectivity index (χ2n) is 5.23. The van der Waals surface area contributed by atoms with E-state index in [1.165, 1.54) is 0 Å². The summed E-state index contributed by atoms with van der Waals surface area (Å²) in [6, 6.07) is 0. The molecule has 0 amide bonds. The predicted octanol–water partition coefficient (Wildman–Crippen LogP) is 2.84. The smallest absolute Gasteiger partial charge is 0.466 e.